The Bertz CT molecular complexity index is 48.4. The van der Waals surface area contributed by atoms with Gasteiger partial charge in [-0.15, -0.1) is 13.0 Å². The predicted octanol–water partition coefficient (Wildman–Crippen LogP) is -0.285. The van der Waals surface area contributed by atoms with E-state index in [4.69, 9.17) is 5.41 Å². The first kappa shape index (κ1) is 15.8. The van der Waals surface area contributed by atoms with Crippen molar-refractivity contribution < 1.29 is 27.8 Å². The van der Waals surface area contributed by atoms with E-state index in [0.717, 1.165) is 12.8 Å². The molecule has 8 heavy (non-hydrogen) atoms. The van der Waals surface area contributed by atoms with Gasteiger partial charge in [0.15, 0.2) is 0 Å². The van der Waals surface area contributed by atoms with Gasteiger partial charge in [-0.05, 0) is 0 Å². The van der Waals surface area contributed by atoms with E-state index in [1.165, 1.54) is 0 Å². The number of unbranched alkanes of at least 4 members (excludes halogenated alkanes) is 1. The minimum Gasteiger partial charge on any atom is -0.438 e. The molecule has 0 rings (SSSR count). The Labute approximate surface area is 69.6 Å². The first-order chi connectivity index (χ1) is 2.91. The molecule has 0 heterocycles. The SMILES string of the molecule is C=CCC[C-]=[NH2+].P.[Au+]. The molecule has 3 heteroatoms. The van der Waals surface area contributed by atoms with E-state index >= 15 is 0 Å². The molecule has 0 aromatic rings. The summed E-state index contributed by atoms with van der Waals surface area (Å²) >= 11 is 0. The number of rotatable bonds is 3. The monoisotopic (exact) mass is 314 g/mol. The molecule has 0 spiro atoms. The van der Waals surface area contributed by atoms with Crippen LogP contribution in [0.1, 0.15) is 12.8 Å². The zero-order valence-corrected chi connectivity index (χ0v) is 8.37. The third-order valence-electron chi connectivity index (χ3n) is 0.493. The number of hydrogen-bond donors (Lipinski definition) is 1. The average molecular weight is 314 g/mol. The van der Waals surface area contributed by atoms with Gasteiger partial charge in [0.1, 0.15) is 0 Å². The molecule has 0 saturated heterocycles. The molecular weight excluding hydrogens is 302 g/mol. The van der Waals surface area contributed by atoms with Crippen LogP contribution in [0.15, 0.2) is 12.7 Å². The van der Waals surface area contributed by atoms with Crippen LogP contribution in [0, 0.1) is 0 Å². The molecule has 0 radical (unpaired) electrons. The van der Waals surface area contributed by atoms with Crippen molar-refractivity contribution in [3.8, 4) is 0 Å². The third kappa shape index (κ3) is 16.0. The Morgan fingerprint density at radius 2 is 2.12 bits per heavy atom. The van der Waals surface area contributed by atoms with Gasteiger partial charge in [-0.1, -0.05) is 12.5 Å². The predicted molar refractivity (Wildman–Crippen MR) is 37.5 cm³/mol. The maximum absolute atomic E-state index is 4.92. The summed E-state index contributed by atoms with van der Waals surface area (Å²) in [6.07, 6.45) is 6.08. The summed E-state index contributed by atoms with van der Waals surface area (Å²) in [4.78, 5) is 0. The third-order valence-corrected chi connectivity index (χ3v) is 0.493. The smallest absolute Gasteiger partial charge is 0.438 e. The summed E-state index contributed by atoms with van der Waals surface area (Å²) in [6.45, 7) is 3.50. The van der Waals surface area contributed by atoms with Crippen molar-refractivity contribution in [3.63, 3.8) is 0 Å². The van der Waals surface area contributed by atoms with Crippen LogP contribution < -0.4 is 5.41 Å². The maximum Gasteiger partial charge on any atom is 1.00 e. The first-order valence-corrected chi connectivity index (χ1v) is 1.96. The Balaban J connectivity index is -0.000000125. The summed E-state index contributed by atoms with van der Waals surface area (Å²) in [7, 11) is 0. The van der Waals surface area contributed by atoms with Gasteiger partial charge in [-0.25, -0.2) is 6.21 Å². The molecule has 0 saturated carbocycles. The van der Waals surface area contributed by atoms with Crippen molar-refractivity contribution >= 4 is 16.1 Å². The van der Waals surface area contributed by atoms with Crippen LogP contribution >= 0.6 is 9.90 Å². The maximum atomic E-state index is 4.92. The van der Waals surface area contributed by atoms with Crippen molar-refractivity contribution in [1.82, 2.24) is 0 Å². The fourth-order valence-electron chi connectivity index (χ4n) is 0.185. The number of allylic oxidation sites excluding steroid dienone is 1. The molecule has 0 aromatic carbocycles. The van der Waals surface area contributed by atoms with Gasteiger partial charge < -0.3 is 5.41 Å². The molecule has 2 N–H and O–H groups in total. The van der Waals surface area contributed by atoms with Crippen molar-refractivity contribution in [3.05, 3.63) is 12.7 Å². The summed E-state index contributed by atoms with van der Waals surface area (Å²) in [5.41, 5.74) is 0. The van der Waals surface area contributed by atoms with Gasteiger partial charge in [0.2, 0.25) is 0 Å². The van der Waals surface area contributed by atoms with Crippen molar-refractivity contribution in [1.29, 1.82) is 0 Å². The van der Waals surface area contributed by atoms with Gasteiger partial charge in [0.05, 0.1) is 0 Å². The molecule has 0 fully saturated rings. The van der Waals surface area contributed by atoms with E-state index in [-0.39, 0.29) is 32.3 Å². The molecule has 0 aliphatic rings. The van der Waals surface area contributed by atoms with Crippen molar-refractivity contribution in [2.24, 2.45) is 0 Å². The van der Waals surface area contributed by atoms with Crippen LogP contribution in [0.25, 0.3) is 0 Å². The molecule has 0 aliphatic carbocycles. The van der Waals surface area contributed by atoms with Gasteiger partial charge in [0.25, 0.3) is 0 Å². The molecule has 0 aromatic heterocycles. The standard InChI is InChI=1S/C5H9N.Au.H3P/c1-2-3-4-5-6;;/h2H,1,3-4,6H2;;1H3/q;+1;. The summed E-state index contributed by atoms with van der Waals surface area (Å²) in [5.74, 6) is 0. The average Bonchev–Trinajstić information content (AvgIpc) is 1.61. The molecule has 0 bridgehead atoms. The van der Waals surface area contributed by atoms with Gasteiger partial charge in [0, 0.05) is 0 Å². The molecule has 0 aliphatic heterocycles. The van der Waals surface area contributed by atoms with E-state index < -0.39 is 0 Å². The fourth-order valence-corrected chi connectivity index (χ4v) is 0.185. The van der Waals surface area contributed by atoms with E-state index in [2.05, 4.69) is 12.8 Å². The molecule has 1 atom stereocenters. The van der Waals surface area contributed by atoms with E-state index in [0.29, 0.717) is 0 Å². The zero-order chi connectivity index (χ0) is 4.83. The number of hydrogen-bond acceptors (Lipinski definition) is 0. The Hall–Kier alpha value is 0.580. The minimum absolute atomic E-state index is 0. The van der Waals surface area contributed by atoms with E-state index in [1.54, 1.807) is 0 Å². The topological polar surface area (TPSA) is 25.6 Å². The second kappa shape index (κ2) is 15.6. The summed E-state index contributed by atoms with van der Waals surface area (Å²) in [6, 6.07) is 0. The largest absolute Gasteiger partial charge is 1.00 e. The van der Waals surface area contributed by atoms with Crippen LogP contribution in [0.3, 0.4) is 0 Å². The minimum atomic E-state index is 0. The number of nitrogens with two attached hydrogens (primary N) is 1. The fraction of sp³-hybridized carbons (Fsp3) is 0.400. The quantitative estimate of drug-likeness (QED) is 0.185. The van der Waals surface area contributed by atoms with E-state index in [9.17, 15) is 0 Å². The normalized spacial score (nSPS) is 5.50. The summed E-state index contributed by atoms with van der Waals surface area (Å²) in [5, 5.41) is 4.92. The van der Waals surface area contributed by atoms with Crippen LogP contribution in [-0.4, -0.2) is 6.21 Å². The molecule has 1 nitrogen and oxygen atoms in total. The van der Waals surface area contributed by atoms with Crippen LogP contribution in [0.4, 0.5) is 0 Å². The Morgan fingerprint density at radius 3 is 2.25 bits per heavy atom. The second-order valence-corrected chi connectivity index (χ2v) is 1.03. The first-order valence-electron chi connectivity index (χ1n) is 1.96. The molecule has 52 valence electrons. The zero-order valence-electron chi connectivity index (χ0n) is 4.78. The van der Waals surface area contributed by atoms with Crippen LogP contribution in [-0.2, 0) is 22.4 Å². The van der Waals surface area contributed by atoms with Gasteiger partial charge in [-0.3, -0.25) is 0 Å². The van der Waals surface area contributed by atoms with Crippen molar-refractivity contribution in [2.45, 2.75) is 12.8 Å². The van der Waals surface area contributed by atoms with E-state index in [1.807, 2.05) is 6.08 Å². The van der Waals surface area contributed by atoms with Crippen molar-refractivity contribution in [2.75, 3.05) is 0 Å². The van der Waals surface area contributed by atoms with Gasteiger partial charge in [-0.2, -0.15) is 9.90 Å². The second-order valence-electron chi connectivity index (χ2n) is 1.03. The molecular formula is C5H12AuNP+. The van der Waals surface area contributed by atoms with Crippen LogP contribution in [0.2, 0.25) is 0 Å². The Kier molecular flexibility index (Phi) is 31.0. The Morgan fingerprint density at radius 1 is 1.62 bits per heavy atom. The molecule has 0 amide bonds. The van der Waals surface area contributed by atoms with Crippen LogP contribution in [0.5, 0.6) is 0 Å². The van der Waals surface area contributed by atoms with Gasteiger partial charge >= 0.3 is 22.4 Å². The molecule has 1 unspecified atom stereocenters. The summed E-state index contributed by atoms with van der Waals surface area (Å²) < 4.78 is 0.